The highest BCUT2D eigenvalue weighted by atomic mass is 35.5. The highest BCUT2D eigenvalue weighted by molar-refractivity contribution is 7.89. The van der Waals surface area contributed by atoms with E-state index in [1.165, 1.54) is 9.13 Å². The van der Waals surface area contributed by atoms with E-state index in [1.807, 2.05) is 0 Å². The van der Waals surface area contributed by atoms with Crippen LogP contribution in [-0.4, -0.2) is 48.0 Å². The van der Waals surface area contributed by atoms with E-state index in [1.54, 1.807) is 36.6 Å². The average Bonchev–Trinajstić information content (AvgIpc) is 3.18. The topological polar surface area (TPSA) is 76.3 Å². The molecule has 1 aromatic carbocycles. The maximum atomic E-state index is 12.9. The van der Waals surface area contributed by atoms with Crippen LogP contribution in [0.1, 0.15) is 0 Å². The minimum atomic E-state index is -3.51. The summed E-state index contributed by atoms with van der Waals surface area (Å²) in [4.78, 5) is 12.3. The Hall–Kier alpha value is -1.35. The summed E-state index contributed by atoms with van der Waals surface area (Å²) < 4.78 is 30.4. The van der Waals surface area contributed by atoms with Gasteiger partial charge in [0.2, 0.25) is 10.0 Å². The molecule has 2 atom stereocenters. The highest BCUT2D eigenvalue weighted by Gasteiger charge is 2.41. The molecule has 2 aromatic rings. The molecule has 0 bridgehead atoms. The number of sulfonamides is 1. The molecule has 132 valence electrons. The second kappa shape index (κ2) is 5.87. The second-order valence-electron chi connectivity index (χ2n) is 6.55. The van der Waals surface area contributed by atoms with Gasteiger partial charge in [-0.15, -0.1) is 12.4 Å². The number of rotatable bonds is 2. The summed E-state index contributed by atoms with van der Waals surface area (Å²) in [6, 6.07) is 4.92. The molecule has 1 aromatic heterocycles. The molecular formula is C15H21ClN4O3S. The molecule has 9 heteroatoms. The summed E-state index contributed by atoms with van der Waals surface area (Å²) in [5.41, 5.74) is 1.22. The fourth-order valence-electron chi connectivity index (χ4n) is 3.80. The monoisotopic (exact) mass is 372 g/mol. The summed E-state index contributed by atoms with van der Waals surface area (Å²) in [5, 5.41) is 3.31. The van der Waals surface area contributed by atoms with Crippen molar-refractivity contribution in [3.05, 3.63) is 28.7 Å². The van der Waals surface area contributed by atoms with E-state index in [0.29, 0.717) is 30.4 Å². The fraction of sp³-hybridized carbons (Fsp3) is 0.533. The molecule has 4 rings (SSSR count). The van der Waals surface area contributed by atoms with Crippen molar-refractivity contribution in [2.75, 3.05) is 26.2 Å². The highest BCUT2D eigenvalue weighted by Crippen LogP contribution is 2.31. The lowest BCUT2D eigenvalue weighted by atomic mass is 10.0. The number of nitrogens with one attached hydrogen (secondary N) is 1. The predicted molar refractivity (Wildman–Crippen MR) is 94.0 cm³/mol. The van der Waals surface area contributed by atoms with Gasteiger partial charge in [0, 0.05) is 27.2 Å². The Morgan fingerprint density at radius 2 is 1.62 bits per heavy atom. The molecular weight excluding hydrogens is 352 g/mol. The van der Waals surface area contributed by atoms with Gasteiger partial charge < -0.3 is 5.32 Å². The van der Waals surface area contributed by atoms with Crippen molar-refractivity contribution in [2.45, 2.75) is 4.90 Å². The van der Waals surface area contributed by atoms with E-state index >= 15 is 0 Å². The average molecular weight is 373 g/mol. The smallest absolute Gasteiger partial charge is 0.316 e. The summed E-state index contributed by atoms with van der Waals surface area (Å²) in [5.74, 6) is 0.823. The van der Waals surface area contributed by atoms with Gasteiger partial charge in [0.25, 0.3) is 0 Å². The molecule has 1 N–H and O–H groups in total. The van der Waals surface area contributed by atoms with Crippen molar-refractivity contribution in [3.8, 4) is 0 Å². The standard InChI is InChI=1S/C15H20N4O3S.ClH/c1-17-13-4-3-12(5-14(13)18(2)15(17)20)23(21,22)19-8-10-6-16-7-11(10)9-19;/h3-5,10-11,16H,6-9H2,1-2H3;1H/t10-,11+;. The van der Waals surface area contributed by atoms with Gasteiger partial charge in [0.1, 0.15) is 0 Å². The van der Waals surface area contributed by atoms with E-state index in [9.17, 15) is 13.2 Å². The van der Waals surface area contributed by atoms with Gasteiger partial charge in [-0.2, -0.15) is 4.31 Å². The van der Waals surface area contributed by atoms with Crippen LogP contribution in [0, 0.1) is 11.8 Å². The van der Waals surface area contributed by atoms with Gasteiger partial charge in [0.15, 0.2) is 0 Å². The van der Waals surface area contributed by atoms with Crippen molar-refractivity contribution in [1.82, 2.24) is 18.8 Å². The largest absolute Gasteiger partial charge is 0.328 e. The Balaban J connectivity index is 0.00000169. The minimum Gasteiger partial charge on any atom is -0.316 e. The zero-order chi connectivity index (χ0) is 16.4. The number of aromatic nitrogens is 2. The van der Waals surface area contributed by atoms with Crippen molar-refractivity contribution in [2.24, 2.45) is 25.9 Å². The predicted octanol–water partition coefficient (Wildman–Crippen LogP) is 0.139. The third-order valence-corrected chi connectivity index (χ3v) is 7.06. The van der Waals surface area contributed by atoms with E-state index < -0.39 is 10.0 Å². The van der Waals surface area contributed by atoms with Crippen LogP contribution in [0.2, 0.25) is 0 Å². The van der Waals surface area contributed by atoms with E-state index in [2.05, 4.69) is 5.32 Å². The molecule has 0 saturated carbocycles. The molecule has 0 unspecified atom stereocenters. The summed E-state index contributed by atoms with van der Waals surface area (Å²) in [7, 11) is -0.164. The van der Waals surface area contributed by atoms with Crippen LogP contribution in [0.15, 0.2) is 27.9 Å². The zero-order valence-corrected chi connectivity index (χ0v) is 15.2. The lowest BCUT2D eigenvalue weighted by molar-refractivity contribution is 0.448. The number of nitrogens with zero attached hydrogens (tertiary/aromatic N) is 3. The Morgan fingerprint density at radius 1 is 1.04 bits per heavy atom. The van der Waals surface area contributed by atoms with Gasteiger partial charge in [-0.25, -0.2) is 13.2 Å². The molecule has 2 aliphatic rings. The molecule has 0 amide bonds. The summed E-state index contributed by atoms with van der Waals surface area (Å²) in [6.07, 6.45) is 0. The maximum absolute atomic E-state index is 12.9. The van der Waals surface area contributed by atoms with Crippen LogP contribution in [0.25, 0.3) is 11.0 Å². The first-order chi connectivity index (χ1) is 10.9. The van der Waals surface area contributed by atoms with Crippen LogP contribution in [0.5, 0.6) is 0 Å². The second-order valence-corrected chi connectivity index (χ2v) is 8.49. The van der Waals surface area contributed by atoms with Crippen LogP contribution >= 0.6 is 12.4 Å². The Bertz CT molecular complexity index is 938. The number of benzene rings is 1. The number of aryl methyl sites for hydroxylation is 2. The van der Waals surface area contributed by atoms with Crippen LogP contribution in [0.4, 0.5) is 0 Å². The van der Waals surface area contributed by atoms with E-state index in [4.69, 9.17) is 0 Å². The van der Waals surface area contributed by atoms with Crippen LogP contribution in [0.3, 0.4) is 0 Å². The number of hydrogen-bond donors (Lipinski definition) is 1. The van der Waals surface area contributed by atoms with Gasteiger partial charge in [-0.05, 0) is 43.1 Å². The Morgan fingerprint density at radius 3 is 2.25 bits per heavy atom. The lowest BCUT2D eigenvalue weighted by Crippen LogP contribution is -2.31. The SMILES string of the molecule is Cl.Cn1c(=O)n(C)c2cc(S(=O)(=O)N3C[C@H]4CNC[C@H]4C3)ccc21. The van der Waals surface area contributed by atoms with Crippen LogP contribution in [-0.2, 0) is 24.1 Å². The van der Waals surface area contributed by atoms with Crippen molar-refractivity contribution < 1.29 is 8.42 Å². The van der Waals surface area contributed by atoms with Crippen molar-refractivity contribution in [3.63, 3.8) is 0 Å². The molecule has 0 aliphatic carbocycles. The van der Waals surface area contributed by atoms with Crippen molar-refractivity contribution in [1.29, 1.82) is 0 Å². The molecule has 2 saturated heterocycles. The number of hydrogen-bond acceptors (Lipinski definition) is 4. The molecule has 7 nitrogen and oxygen atoms in total. The number of halogens is 1. The Kier molecular flexibility index (Phi) is 4.28. The van der Waals surface area contributed by atoms with Gasteiger partial charge in [0.05, 0.1) is 15.9 Å². The van der Waals surface area contributed by atoms with Gasteiger partial charge >= 0.3 is 5.69 Å². The zero-order valence-electron chi connectivity index (χ0n) is 13.6. The third kappa shape index (κ3) is 2.40. The van der Waals surface area contributed by atoms with E-state index in [0.717, 1.165) is 18.6 Å². The van der Waals surface area contributed by atoms with Gasteiger partial charge in [-0.3, -0.25) is 9.13 Å². The first kappa shape index (κ1) is 17.5. The fourth-order valence-corrected chi connectivity index (χ4v) is 5.38. The third-order valence-electron chi connectivity index (χ3n) is 5.24. The molecule has 2 fully saturated rings. The first-order valence-corrected chi connectivity index (χ1v) is 9.20. The summed E-state index contributed by atoms with van der Waals surface area (Å²) in [6.45, 7) is 2.93. The lowest BCUT2D eigenvalue weighted by Gasteiger charge is -2.17. The van der Waals surface area contributed by atoms with Crippen LogP contribution < -0.4 is 11.0 Å². The van der Waals surface area contributed by atoms with Gasteiger partial charge in [-0.1, -0.05) is 0 Å². The Labute approximate surface area is 146 Å². The summed E-state index contributed by atoms with van der Waals surface area (Å²) >= 11 is 0. The van der Waals surface area contributed by atoms with Crippen molar-refractivity contribution >= 4 is 33.5 Å². The molecule has 0 spiro atoms. The normalized spacial score (nSPS) is 24.2. The minimum absolute atomic E-state index is 0. The van der Waals surface area contributed by atoms with E-state index in [-0.39, 0.29) is 23.0 Å². The molecule has 2 aliphatic heterocycles. The quantitative estimate of drug-likeness (QED) is 0.813. The molecule has 0 radical (unpaired) electrons. The first-order valence-electron chi connectivity index (χ1n) is 7.76. The molecule has 24 heavy (non-hydrogen) atoms. The molecule has 3 heterocycles. The number of imidazole rings is 1. The maximum Gasteiger partial charge on any atom is 0.328 e. The number of fused-ring (bicyclic) bond motifs is 2.